The molecule has 0 saturated heterocycles. The number of carbonyl (C=O) groups is 5. The first-order valence-corrected chi connectivity index (χ1v) is 14.6. The summed E-state index contributed by atoms with van der Waals surface area (Å²) < 4.78 is 39.3. The predicted octanol–water partition coefficient (Wildman–Crippen LogP) is 1.23. The normalized spacial score (nSPS) is 13.5. The quantitative estimate of drug-likeness (QED) is 0.150. The minimum absolute atomic E-state index is 0.0304. The highest BCUT2D eigenvalue weighted by Crippen LogP contribution is 2.24. The van der Waals surface area contributed by atoms with Crippen molar-refractivity contribution in [2.45, 2.75) is 83.5 Å². The maximum Gasteiger partial charge on any atom is 0.416 e. The first-order chi connectivity index (χ1) is 21.6. The number of carbonyl (C=O) groups excluding carboxylic acids is 5. The molecule has 46 heavy (non-hydrogen) atoms. The molecular weight excluding hydrogens is 611 g/mol. The van der Waals surface area contributed by atoms with Gasteiger partial charge in [-0.2, -0.15) is 13.2 Å². The molecule has 8 N–H and O–H groups in total. The van der Waals surface area contributed by atoms with Gasteiger partial charge in [-0.25, -0.2) is 0 Å². The van der Waals surface area contributed by atoms with Crippen LogP contribution in [0.4, 0.5) is 13.2 Å². The van der Waals surface area contributed by atoms with Crippen LogP contribution in [0.3, 0.4) is 0 Å². The fourth-order valence-electron chi connectivity index (χ4n) is 3.85. The Hall–Kier alpha value is -4.50. The lowest BCUT2D eigenvalue weighted by molar-refractivity contribution is -0.212. The molecule has 0 aliphatic heterocycles. The molecule has 0 heterocycles. The second kappa shape index (κ2) is 19.8. The SMILES string of the molecule is CCC.C[C@H](NC(=O)[C@H](Cc1ccccc1)NC(=O)CNC(=O)c1ccc(CO)cc1)C(=O)NC(CCC(N)=O)C(O)C(F)(F)F. The number of rotatable bonds is 15. The standard InChI is InChI=1S/C28H34F3N5O7.C3H8/c1-16(25(41)36-20(11-12-22(32)38)24(40)28(29,30)31)34-27(43)21(13-17-5-3-2-4-6-17)35-23(39)14-33-26(42)19-9-7-18(15-37)8-10-19;1-3-2/h2-10,16,20-21,24,37,40H,11-15H2,1H3,(H2,32,38)(H,33,42)(H,34,43)(H,35,39)(H,36,41);3H2,1-2H3/t16-,20?,21-,24?;/m0./s1. The van der Waals surface area contributed by atoms with E-state index in [1.807, 2.05) is 5.32 Å². The number of nitrogens with two attached hydrogens (primary N) is 1. The molecule has 254 valence electrons. The summed E-state index contributed by atoms with van der Waals surface area (Å²) in [6, 6.07) is 9.91. The van der Waals surface area contributed by atoms with Gasteiger partial charge in [-0.05, 0) is 36.6 Å². The first-order valence-electron chi connectivity index (χ1n) is 14.6. The molecule has 0 aliphatic rings. The van der Waals surface area contributed by atoms with Crippen LogP contribution in [0, 0.1) is 0 Å². The lowest BCUT2D eigenvalue weighted by atomic mass is 10.0. The number of alkyl halides is 3. The van der Waals surface area contributed by atoms with Crippen LogP contribution in [0.15, 0.2) is 54.6 Å². The van der Waals surface area contributed by atoms with Crippen molar-refractivity contribution < 1.29 is 47.4 Å². The summed E-state index contributed by atoms with van der Waals surface area (Å²) in [5.74, 6) is -4.20. The van der Waals surface area contributed by atoms with Crippen molar-refractivity contribution in [1.29, 1.82) is 0 Å². The molecule has 15 heteroatoms. The minimum atomic E-state index is -5.11. The smallest absolute Gasteiger partial charge is 0.392 e. The van der Waals surface area contributed by atoms with Crippen molar-refractivity contribution in [1.82, 2.24) is 21.3 Å². The Morgan fingerprint density at radius 3 is 1.98 bits per heavy atom. The molecule has 4 atom stereocenters. The van der Waals surface area contributed by atoms with E-state index < -0.39 is 79.3 Å². The van der Waals surface area contributed by atoms with Crippen LogP contribution < -0.4 is 27.0 Å². The van der Waals surface area contributed by atoms with Gasteiger partial charge in [0, 0.05) is 18.4 Å². The Morgan fingerprint density at radius 2 is 1.46 bits per heavy atom. The maximum atomic E-state index is 13.1. The second-order valence-corrected chi connectivity index (χ2v) is 10.4. The first kappa shape index (κ1) is 39.5. The van der Waals surface area contributed by atoms with Gasteiger partial charge >= 0.3 is 6.18 Å². The summed E-state index contributed by atoms with van der Waals surface area (Å²) in [5.41, 5.74) is 6.43. The summed E-state index contributed by atoms with van der Waals surface area (Å²) in [6.45, 7) is 4.72. The van der Waals surface area contributed by atoms with E-state index in [9.17, 15) is 42.3 Å². The Kier molecular flexibility index (Phi) is 17.0. The van der Waals surface area contributed by atoms with Gasteiger partial charge in [-0.15, -0.1) is 0 Å². The highest BCUT2D eigenvalue weighted by molar-refractivity contribution is 5.97. The molecule has 0 bridgehead atoms. The number of halogens is 3. The van der Waals surface area contributed by atoms with Gasteiger partial charge in [-0.3, -0.25) is 24.0 Å². The van der Waals surface area contributed by atoms with Crippen molar-refractivity contribution in [3.63, 3.8) is 0 Å². The van der Waals surface area contributed by atoms with Crippen LogP contribution in [0.2, 0.25) is 0 Å². The van der Waals surface area contributed by atoms with Crippen LogP contribution in [-0.4, -0.2) is 76.7 Å². The monoisotopic (exact) mass is 653 g/mol. The predicted molar refractivity (Wildman–Crippen MR) is 163 cm³/mol. The third-order valence-electron chi connectivity index (χ3n) is 6.24. The van der Waals surface area contributed by atoms with Gasteiger partial charge in [-0.1, -0.05) is 62.7 Å². The largest absolute Gasteiger partial charge is 0.416 e. The van der Waals surface area contributed by atoms with Crippen LogP contribution >= 0.6 is 0 Å². The zero-order valence-corrected chi connectivity index (χ0v) is 25.9. The fraction of sp³-hybridized carbons (Fsp3) is 0.452. The van der Waals surface area contributed by atoms with Gasteiger partial charge in [0.2, 0.25) is 23.6 Å². The topological polar surface area (TPSA) is 200 Å². The van der Waals surface area contributed by atoms with Crippen molar-refractivity contribution in [2.75, 3.05) is 6.54 Å². The highest BCUT2D eigenvalue weighted by Gasteiger charge is 2.44. The van der Waals surface area contributed by atoms with Crippen molar-refractivity contribution in [3.8, 4) is 0 Å². The van der Waals surface area contributed by atoms with Crippen molar-refractivity contribution in [2.24, 2.45) is 5.73 Å². The van der Waals surface area contributed by atoms with Gasteiger partial charge in [0.15, 0.2) is 6.10 Å². The highest BCUT2D eigenvalue weighted by atomic mass is 19.4. The van der Waals surface area contributed by atoms with Crippen LogP contribution in [0.1, 0.15) is 61.5 Å². The number of hydrogen-bond acceptors (Lipinski definition) is 7. The van der Waals surface area contributed by atoms with E-state index in [-0.39, 0.29) is 18.6 Å². The summed E-state index contributed by atoms with van der Waals surface area (Å²) in [5, 5.41) is 28.0. The minimum Gasteiger partial charge on any atom is -0.392 e. The number of amides is 5. The molecular formula is C31H42F3N5O7. The fourth-order valence-corrected chi connectivity index (χ4v) is 3.85. The number of aliphatic hydroxyl groups is 2. The lowest BCUT2D eigenvalue weighted by Gasteiger charge is -2.27. The molecule has 2 aromatic rings. The average Bonchev–Trinajstić information content (AvgIpc) is 3.01. The van der Waals surface area contributed by atoms with E-state index >= 15 is 0 Å². The molecule has 5 amide bonds. The summed E-state index contributed by atoms with van der Waals surface area (Å²) in [7, 11) is 0. The van der Waals surface area contributed by atoms with E-state index in [1.165, 1.54) is 37.6 Å². The zero-order chi connectivity index (χ0) is 34.9. The van der Waals surface area contributed by atoms with Crippen molar-refractivity contribution in [3.05, 3.63) is 71.3 Å². The van der Waals surface area contributed by atoms with Crippen LogP contribution in [0.5, 0.6) is 0 Å². The molecule has 0 aromatic heterocycles. The van der Waals surface area contributed by atoms with E-state index in [0.717, 1.165) is 0 Å². The summed E-state index contributed by atoms with van der Waals surface area (Å²) >= 11 is 0. The number of hydrogen-bond donors (Lipinski definition) is 7. The molecule has 2 aromatic carbocycles. The summed E-state index contributed by atoms with van der Waals surface area (Å²) in [4.78, 5) is 61.8. The number of benzene rings is 2. The summed E-state index contributed by atoms with van der Waals surface area (Å²) in [6.07, 6.45) is -8.03. The number of primary amides is 1. The van der Waals surface area contributed by atoms with Gasteiger partial charge in [0.1, 0.15) is 12.1 Å². The van der Waals surface area contributed by atoms with Gasteiger partial charge < -0.3 is 37.2 Å². The van der Waals surface area contributed by atoms with E-state index in [2.05, 4.69) is 29.8 Å². The molecule has 2 unspecified atom stereocenters. The molecule has 0 saturated carbocycles. The molecule has 0 aliphatic carbocycles. The lowest BCUT2D eigenvalue weighted by Crippen LogP contribution is -2.57. The molecule has 12 nitrogen and oxygen atoms in total. The Labute approximate surface area is 265 Å². The third kappa shape index (κ3) is 14.5. The molecule has 0 radical (unpaired) electrons. The molecule has 2 rings (SSSR count). The Bertz CT molecular complexity index is 1280. The van der Waals surface area contributed by atoms with Crippen LogP contribution in [-0.2, 0) is 32.2 Å². The zero-order valence-electron chi connectivity index (χ0n) is 25.9. The van der Waals surface area contributed by atoms with Crippen molar-refractivity contribution >= 4 is 29.5 Å². The number of aliphatic hydroxyl groups excluding tert-OH is 2. The van der Waals surface area contributed by atoms with Gasteiger partial charge in [0.05, 0.1) is 19.2 Å². The van der Waals surface area contributed by atoms with E-state index in [0.29, 0.717) is 11.1 Å². The molecule has 0 spiro atoms. The second-order valence-electron chi connectivity index (χ2n) is 10.4. The number of nitrogens with one attached hydrogen (secondary N) is 4. The van der Waals surface area contributed by atoms with E-state index in [1.54, 1.807) is 30.3 Å². The van der Waals surface area contributed by atoms with E-state index in [4.69, 9.17) is 10.8 Å². The molecule has 0 fully saturated rings. The van der Waals surface area contributed by atoms with Crippen LogP contribution in [0.25, 0.3) is 0 Å². The average molecular weight is 654 g/mol. The Morgan fingerprint density at radius 1 is 0.870 bits per heavy atom. The maximum absolute atomic E-state index is 13.1. The third-order valence-corrected chi connectivity index (χ3v) is 6.24. The van der Waals surface area contributed by atoms with Gasteiger partial charge in [0.25, 0.3) is 5.91 Å². The Balaban J connectivity index is 0.00000338.